The summed E-state index contributed by atoms with van der Waals surface area (Å²) < 4.78 is 5.20. The van der Waals surface area contributed by atoms with E-state index in [9.17, 15) is 5.11 Å². The maximum absolute atomic E-state index is 10.1. The predicted molar refractivity (Wildman–Crippen MR) is 64.3 cm³/mol. The fourth-order valence-electron chi connectivity index (χ4n) is 1.67. The van der Waals surface area contributed by atoms with E-state index < -0.39 is 6.10 Å². The zero-order chi connectivity index (χ0) is 12.1. The van der Waals surface area contributed by atoms with Crippen molar-refractivity contribution in [3.63, 3.8) is 0 Å². The van der Waals surface area contributed by atoms with E-state index in [1.807, 2.05) is 25.1 Å². The normalized spacial score (nSPS) is 14.6. The zero-order valence-corrected chi connectivity index (χ0v) is 9.81. The van der Waals surface area contributed by atoms with Gasteiger partial charge in [-0.05, 0) is 32.0 Å². The van der Waals surface area contributed by atoms with Crippen LogP contribution in [0.5, 0.6) is 5.75 Å². The molecule has 1 rings (SSSR count). The third-order valence-electron chi connectivity index (χ3n) is 2.61. The number of benzene rings is 1. The van der Waals surface area contributed by atoms with Crippen LogP contribution in [-0.2, 0) is 0 Å². The Bertz CT molecular complexity index is 342. The molecular formula is C12H20N2O2. The molecule has 5 N–H and O–H groups in total. The Morgan fingerprint density at radius 2 is 2.12 bits per heavy atom. The average molecular weight is 224 g/mol. The van der Waals surface area contributed by atoms with Crippen LogP contribution in [0, 0.1) is 6.92 Å². The summed E-state index contributed by atoms with van der Waals surface area (Å²) >= 11 is 0. The van der Waals surface area contributed by atoms with Gasteiger partial charge in [0.25, 0.3) is 0 Å². The van der Waals surface area contributed by atoms with Crippen molar-refractivity contribution < 1.29 is 9.84 Å². The van der Waals surface area contributed by atoms with E-state index in [-0.39, 0.29) is 6.04 Å². The summed E-state index contributed by atoms with van der Waals surface area (Å²) in [4.78, 5) is 0. The topological polar surface area (TPSA) is 81.5 Å². The number of nitrogens with two attached hydrogens (primary N) is 2. The van der Waals surface area contributed by atoms with E-state index in [0.717, 1.165) is 11.1 Å². The van der Waals surface area contributed by atoms with E-state index in [1.165, 1.54) is 0 Å². The van der Waals surface area contributed by atoms with E-state index in [2.05, 4.69) is 0 Å². The number of ether oxygens (including phenoxy) is 1. The summed E-state index contributed by atoms with van der Waals surface area (Å²) in [6.45, 7) is 2.43. The van der Waals surface area contributed by atoms with Crippen molar-refractivity contribution in [2.75, 3.05) is 13.7 Å². The second kappa shape index (κ2) is 5.84. The van der Waals surface area contributed by atoms with Gasteiger partial charge in [-0.2, -0.15) is 0 Å². The van der Waals surface area contributed by atoms with Gasteiger partial charge in [0.15, 0.2) is 0 Å². The second-order valence-corrected chi connectivity index (χ2v) is 3.93. The van der Waals surface area contributed by atoms with Gasteiger partial charge in [-0.15, -0.1) is 0 Å². The van der Waals surface area contributed by atoms with Crippen molar-refractivity contribution >= 4 is 0 Å². The quantitative estimate of drug-likeness (QED) is 0.688. The molecule has 0 saturated carbocycles. The van der Waals surface area contributed by atoms with Crippen LogP contribution in [0.2, 0.25) is 0 Å². The van der Waals surface area contributed by atoms with Crippen LogP contribution in [0.15, 0.2) is 18.2 Å². The molecule has 0 aliphatic carbocycles. The average Bonchev–Trinajstić information content (AvgIpc) is 2.28. The Hall–Kier alpha value is -1.10. The lowest BCUT2D eigenvalue weighted by molar-refractivity contribution is 0.139. The number of aliphatic hydroxyl groups excluding tert-OH is 1. The van der Waals surface area contributed by atoms with Gasteiger partial charge >= 0.3 is 0 Å². The number of rotatable bonds is 5. The van der Waals surface area contributed by atoms with Crippen molar-refractivity contribution in [2.24, 2.45) is 11.5 Å². The molecule has 0 aliphatic rings. The molecule has 0 aliphatic heterocycles. The third kappa shape index (κ3) is 2.95. The van der Waals surface area contributed by atoms with Crippen LogP contribution in [0.4, 0.5) is 0 Å². The summed E-state index contributed by atoms with van der Waals surface area (Å²) in [5.41, 5.74) is 13.1. The van der Waals surface area contributed by atoms with Gasteiger partial charge in [-0.1, -0.05) is 11.6 Å². The number of methoxy groups -OCH3 is 1. The zero-order valence-electron chi connectivity index (χ0n) is 9.81. The number of aliphatic hydroxyl groups is 1. The van der Waals surface area contributed by atoms with Crippen LogP contribution in [0.1, 0.15) is 23.7 Å². The molecule has 0 spiro atoms. The van der Waals surface area contributed by atoms with Crippen LogP contribution < -0.4 is 16.2 Å². The minimum absolute atomic E-state index is 0.360. The minimum Gasteiger partial charge on any atom is -0.496 e. The number of hydrogen-bond donors (Lipinski definition) is 3. The maximum Gasteiger partial charge on any atom is 0.124 e. The standard InChI is InChI=1S/C12H20N2O2/c1-8-3-4-11(16-2)9(7-8)12(15)10(14)5-6-13/h3-4,7,10,12,15H,5-6,13-14H2,1-2H3. The summed E-state index contributed by atoms with van der Waals surface area (Å²) in [7, 11) is 1.58. The van der Waals surface area contributed by atoms with Gasteiger partial charge in [-0.3, -0.25) is 0 Å². The SMILES string of the molecule is COc1ccc(C)cc1C(O)C(N)CCN. The largest absolute Gasteiger partial charge is 0.496 e. The van der Waals surface area contributed by atoms with Crippen LogP contribution >= 0.6 is 0 Å². The van der Waals surface area contributed by atoms with Crippen molar-refractivity contribution in [1.82, 2.24) is 0 Å². The monoisotopic (exact) mass is 224 g/mol. The lowest BCUT2D eigenvalue weighted by Crippen LogP contribution is -2.31. The van der Waals surface area contributed by atoms with Gasteiger partial charge in [0.05, 0.1) is 13.2 Å². The molecule has 0 aromatic heterocycles. The lowest BCUT2D eigenvalue weighted by atomic mass is 9.98. The molecule has 0 heterocycles. The van der Waals surface area contributed by atoms with Gasteiger partial charge < -0.3 is 21.3 Å². The Morgan fingerprint density at radius 1 is 1.44 bits per heavy atom. The molecule has 0 saturated heterocycles. The first-order valence-electron chi connectivity index (χ1n) is 5.38. The molecule has 2 unspecified atom stereocenters. The molecule has 0 bridgehead atoms. The Kier molecular flexibility index (Phi) is 4.73. The van der Waals surface area contributed by atoms with Crippen molar-refractivity contribution in [3.8, 4) is 5.75 Å². The molecule has 0 radical (unpaired) electrons. The number of hydrogen-bond acceptors (Lipinski definition) is 4. The molecule has 16 heavy (non-hydrogen) atoms. The summed E-state index contributed by atoms with van der Waals surface area (Å²) in [6.07, 6.45) is -0.156. The second-order valence-electron chi connectivity index (χ2n) is 3.93. The predicted octanol–water partition coefficient (Wildman–Crippen LogP) is 0.713. The maximum atomic E-state index is 10.1. The van der Waals surface area contributed by atoms with E-state index in [1.54, 1.807) is 7.11 Å². The van der Waals surface area contributed by atoms with Gasteiger partial charge in [0.2, 0.25) is 0 Å². The Morgan fingerprint density at radius 3 is 2.69 bits per heavy atom. The van der Waals surface area contributed by atoms with Gasteiger partial charge in [-0.25, -0.2) is 0 Å². The van der Waals surface area contributed by atoms with Crippen molar-refractivity contribution in [1.29, 1.82) is 0 Å². The molecule has 0 fully saturated rings. The van der Waals surface area contributed by atoms with Crippen LogP contribution in [-0.4, -0.2) is 24.8 Å². The highest BCUT2D eigenvalue weighted by molar-refractivity contribution is 5.39. The molecule has 0 amide bonds. The minimum atomic E-state index is -0.738. The van der Waals surface area contributed by atoms with Crippen molar-refractivity contribution in [3.05, 3.63) is 29.3 Å². The van der Waals surface area contributed by atoms with Crippen LogP contribution in [0.25, 0.3) is 0 Å². The van der Waals surface area contributed by atoms with E-state index in [4.69, 9.17) is 16.2 Å². The molecule has 1 aromatic rings. The fourth-order valence-corrected chi connectivity index (χ4v) is 1.67. The highest BCUT2D eigenvalue weighted by Crippen LogP contribution is 2.28. The Labute approximate surface area is 96.2 Å². The fraction of sp³-hybridized carbons (Fsp3) is 0.500. The highest BCUT2D eigenvalue weighted by atomic mass is 16.5. The first kappa shape index (κ1) is 13.0. The van der Waals surface area contributed by atoms with Gasteiger partial charge in [0, 0.05) is 11.6 Å². The smallest absolute Gasteiger partial charge is 0.124 e. The summed E-state index contributed by atoms with van der Waals surface area (Å²) in [5.74, 6) is 0.658. The highest BCUT2D eigenvalue weighted by Gasteiger charge is 2.19. The van der Waals surface area contributed by atoms with Crippen molar-refractivity contribution in [2.45, 2.75) is 25.5 Å². The summed E-state index contributed by atoms with van der Waals surface area (Å²) in [6, 6.07) is 5.30. The first-order valence-corrected chi connectivity index (χ1v) is 5.38. The Balaban J connectivity index is 2.96. The molecular weight excluding hydrogens is 204 g/mol. The number of aryl methyl sites for hydroxylation is 1. The molecule has 4 heteroatoms. The molecule has 90 valence electrons. The molecule has 1 aromatic carbocycles. The lowest BCUT2D eigenvalue weighted by Gasteiger charge is -2.21. The summed E-state index contributed by atoms with van der Waals surface area (Å²) in [5, 5.41) is 10.1. The molecule has 4 nitrogen and oxygen atoms in total. The molecule has 2 atom stereocenters. The van der Waals surface area contributed by atoms with Crippen LogP contribution in [0.3, 0.4) is 0 Å². The van der Waals surface area contributed by atoms with E-state index >= 15 is 0 Å². The van der Waals surface area contributed by atoms with Gasteiger partial charge in [0.1, 0.15) is 5.75 Å². The van der Waals surface area contributed by atoms with E-state index in [0.29, 0.717) is 18.7 Å². The first-order chi connectivity index (χ1) is 7.60. The third-order valence-corrected chi connectivity index (χ3v) is 2.61.